The lowest BCUT2D eigenvalue weighted by Gasteiger charge is -2.07. The van der Waals surface area contributed by atoms with Gasteiger partial charge in [-0.05, 0) is 19.7 Å². The lowest BCUT2D eigenvalue weighted by atomic mass is 10.1. The average molecular weight is 191 g/mol. The zero-order valence-electron chi connectivity index (χ0n) is 8.86. The fourth-order valence-electron chi connectivity index (χ4n) is 1.26. The summed E-state index contributed by atoms with van der Waals surface area (Å²) in [5.41, 5.74) is 1.11. The predicted molar refractivity (Wildman–Crippen MR) is 58.3 cm³/mol. The van der Waals surface area contributed by atoms with Crippen LogP contribution in [-0.2, 0) is 11.2 Å². The van der Waals surface area contributed by atoms with Gasteiger partial charge < -0.3 is 4.90 Å². The smallest absolute Gasteiger partial charge is 0.138 e. The van der Waals surface area contributed by atoms with E-state index in [0.717, 1.165) is 12.1 Å². The van der Waals surface area contributed by atoms with E-state index in [4.69, 9.17) is 0 Å². The first-order valence-corrected chi connectivity index (χ1v) is 4.89. The van der Waals surface area contributed by atoms with E-state index in [1.807, 2.05) is 49.3 Å². The van der Waals surface area contributed by atoms with Crippen molar-refractivity contribution >= 4 is 5.78 Å². The number of carbonyl (C=O) groups is 1. The van der Waals surface area contributed by atoms with Crippen molar-refractivity contribution < 1.29 is 4.79 Å². The molecule has 0 amide bonds. The van der Waals surface area contributed by atoms with E-state index in [0.29, 0.717) is 18.6 Å². The van der Waals surface area contributed by atoms with E-state index >= 15 is 0 Å². The molecule has 0 fully saturated rings. The minimum atomic E-state index is 0.310. The number of benzene rings is 1. The van der Waals surface area contributed by atoms with Crippen LogP contribution in [0.3, 0.4) is 0 Å². The molecule has 0 aliphatic rings. The van der Waals surface area contributed by atoms with Crippen LogP contribution >= 0.6 is 0 Å². The van der Waals surface area contributed by atoms with Crippen LogP contribution in [0.5, 0.6) is 0 Å². The summed E-state index contributed by atoms with van der Waals surface area (Å²) in [7, 11) is 3.96. The second-order valence-electron chi connectivity index (χ2n) is 3.75. The van der Waals surface area contributed by atoms with Gasteiger partial charge >= 0.3 is 0 Å². The first kappa shape index (κ1) is 10.9. The summed E-state index contributed by atoms with van der Waals surface area (Å²) in [6.07, 6.45) is 1.20. The van der Waals surface area contributed by atoms with Gasteiger partial charge in [-0.25, -0.2) is 0 Å². The molecule has 0 aliphatic heterocycles. The quantitative estimate of drug-likeness (QED) is 0.706. The van der Waals surface area contributed by atoms with Gasteiger partial charge in [-0.1, -0.05) is 30.3 Å². The van der Waals surface area contributed by atoms with E-state index in [9.17, 15) is 4.79 Å². The Morgan fingerprint density at radius 2 is 1.86 bits per heavy atom. The summed E-state index contributed by atoms with van der Waals surface area (Å²) < 4.78 is 0. The van der Waals surface area contributed by atoms with Crippen LogP contribution in [0, 0.1) is 0 Å². The number of ketones is 1. The Kier molecular flexibility index (Phi) is 4.33. The molecule has 14 heavy (non-hydrogen) atoms. The molecule has 2 nitrogen and oxygen atoms in total. The Morgan fingerprint density at radius 1 is 1.21 bits per heavy atom. The summed E-state index contributed by atoms with van der Waals surface area (Å²) in [6.45, 7) is 0.839. The molecule has 0 unspecified atom stereocenters. The van der Waals surface area contributed by atoms with E-state index < -0.39 is 0 Å². The molecule has 0 saturated heterocycles. The maximum atomic E-state index is 11.5. The molecule has 0 aromatic heterocycles. The lowest BCUT2D eigenvalue weighted by molar-refractivity contribution is -0.118. The summed E-state index contributed by atoms with van der Waals surface area (Å²) in [4.78, 5) is 13.5. The maximum Gasteiger partial charge on any atom is 0.138 e. The van der Waals surface area contributed by atoms with Crippen LogP contribution in [0.1, 0.15) is 12.0 Å². The van der Waals surface area contributed by atoms with Crippen molar-refractivity contribution in [1.29, 1.82) is 0 Å². The fraction of sp³-hybridized carbons (Fsp3) is 0.417. The highest BCUT2D eigenvalue weighted by atomic mass is 16.1. The highest BCUT2D eigenvalue weighted by Crippen LogP contribution is 2.01. The van der Waals surface area contributed by atoms with Crippen LogP contribution in [0.4, 0.5) is 0 Å². The normalized spacial score (nSPS) is 10.5. The van der Waals surface area contributed by atoms with Gasteiger partial charge in [0.2, 0.25) is 0 Å². The predicted octanol–water partition coefficient (Wildman–Crippen LogP) is 1.75. The van der Waals surface area contributed by atoms with Crippen molar-refractivity contribution in [2.75, 3.05) is 20.6 Å². The molecule has 0 heterocycles. The third-order valence-electron chi connectivity index (χ3n) is 2.08. The monoisotopic (exact) mass is 191 g/mol. The third-order valence-corrected chi connectivity index (χ3v) is 2.08. The molecule has 1 aromatic rings. The summed E-state index contributed by atoms with van der Waals surface area (Å²) in [5.74, 6) is 0.310. The Hall–Kier alpha value is -1.15. The SMILES string of the molecule is CN(C)CCC(=O)Cc1ccccc1. The standard InChI is InChI=1S/C12H17NO/c1-13(2)9-8-12(14)10-11-6-4-3-5-7-11/h3-7H,8-10H2,1-2H3. The first-order chi connectivity index (χ1) is 6.68. The molecule has 0 spiro atoms. The number of Topliss-reactive ketones (excluding diaryl/α,β-unsaturated/α-hetero) is 1. The zero-order valence-corrected chi connectivity index (χ0v) is 8.86. The summed E-state index contributed by atoms with van der Waals surface area (Å²) in [5, 5.41) is 0. The van der Waals surface area contributed by atoms with Crippen LogP contribution in [0.25, 0.3) is 0 Å². The largest absolute Gasteiger partial charge is 0.309 e. The Balaban J connectivity index is 2.35. The van der Waals surface area contributed by atoms with Crippen molar-refractivity contribution in [2.45, 2.75) is 12.8 Å². The van der Waals surface area contributed by atoms with Crippen molar-refractivity contribution in [3.8, 4) is 0 Å². The van der Waals surface area contributed by atoms with Crippen molar-refractivity contribution in [2.24, 2.45) is 0 Å². The Morgan fingerprint density at radius 3 is 2.43 bits per heavy atom. The van der Waals surface area contributed by atoms with Crippen molar-refractivity contribution in [3.05, 3.63) is 35.9 Å². The van der Waals surface area contributed by atoms with E-state index in [2.05, 4.69) is 0 Å². The molecular weight excluding hydrogens is 174 g/mol. The number of hydrogen-bond donors (Lipinski definition) is 0. The molecular formula is C12H17NO. The molecule has 0 bridgehead atoms. The van der Waals surface area contributed by atoms with E-state index in [-0.39, 0.29) is 0 Å². The van der Waals surface area contributed by atoms with Gasteiger partial charge in [0.1, 0.15) is 5.78 Å². The number of carbonyl (C=O) groups excluding carboxylic acids is 1. The third kappa shape index (κ3) is 4.19. The number of nitrogens with zero attached hydrogens (tertiary/aromatic N) is 1. The topological polar surface area (TPSA) is 20.3 Å². The van der Waals surface area contributed by atoms with Gasteiger partial charge in [-0.2, -0.15) is 0 Å². The molecule has 0 N–H and O–H groups in total. The molecule has 2 heteroatoms. The lowest BCUT2D eigenvalue weighted by Crippen LogP contribution is -2.17. The van der Waals surface area contributed by atoms with E-state index in [1.165, 1.54) is 0 Å². The molecule has 0 aliphatic carbocycles. The van der Waals surface area contributed by atoms with Crippen LogP contribution in [0.15, 0.2) is 30.3 Å². The van der Waals surface area contributed by atoms with Crippen LogP contribution in [-0.4, -0.2) is 31.3 Å². The van der Waals surface area contributed by atoms with Gasteiger partial charge in [0, 0.05) is 19.4 Å². The highest BCUT2D eigenvalue weighted by molar-refractivity contribution is 5.80. The first-order valence-electron chi connectivity index (χ1n) is 4.89. The second-order valence-corrected chi connectivity index (χ2v) is 3.75. The van der Waals surface area contributed by atoms with Crippen LogP contribution in [0.2, 0.25) is 0 Å². The number of rotatable bonds is 5. The van der Waals surface area contributed by atoms with Gasteiger partial charge in [0.15, 0.2) is 0 Å². The minimum absolute atomic E-state index is 0.310. The zero-order chi connectivity index (χ0) is 10.4. The van der Waals surface area contributed by atoms with E-state index in [1.54, 1.807) is 0 Å². The molecule has 0 saturated carbocycles. The Labute approximate surface area is 85.5 Å². The second kappa shape index (κ2) is 5.55. The summed E-state index contributed by atoms with van der Waals surface area (Å²) in [6, 6.07) is 9.89. The highest BCUT2D eigenvalue weighted by Gasteiger charge is 2.03. The molecule has 76 valence electrons. The Bertz CT molecular complexity index is 280. The molecule has 0 atom stereocenters. The van der Waals surface area contributed by atoms with Gasteiger partial charge in [0.05, 0.1) is 0 Å². The molecule has 1 rings (SSSR count). The summed E-state index contributed by atoms with van der Waals surface area (Å²) >= 11 is 0. The number of hydrogen-bond acceptors (Lipinski definition) is 2. The van der Waals surface area contributed by atoms with Gasteiger partial charge in [0.25, 0.3) is 0 Å². The van der Waals surface area contributed by atoms with Crippen molar-refractivity contribution in [1.82, 2.24) is 4.90 Å². The van der Waals surface area contributed by atoms with Crippen molar-refractivity contribution in [3.63, 3.8) is 0 Å². The minimum Gasteiger partial charge on any atom is -0.309 e. The maximum absolute atomic E-state index is 11.5. The van der Waals surface area contributed by atoms with Crippen LogP contribution < -0.4 is 0 Å². The fourth-order valence-corrected chi connectivity index (χ4v) is 1.26. The van der Waals surface area contributed by atoms with Gasteiger partial charge in [-0.15, -0.1) is 0 Å². The molecule has 1 aromatic carbocycles. The molecule has 0 radical (unpaired) electrons. The average Bonchev–Trinajstić information content (AvgIpc) is 2.16. The van der Waals surface area contributed by atoms with Gasteiger partial charge in [-0.3, -0.25) is 4.79 Å².